The van der Waals surface area contributed by atoms with Crippen LogP contribution in [0.3, 0.4) is 0 Å². The van der Waals surface area contributed by atoms with E-state index < -0.39 is 0 Å². The number of hydrogen-bond acceptors (Lipinski definition) is 1. The molecule has 0 saturated heterocycles. The number of halogens is 1. The van der Waals surface area contributed by atoms with Crippen molar-refractivity contribution in [1.29, 1.82) is 0 Å². The Morgan fingerprint density at radius 3 is 2.64 bits per heavy atom. The van der Waals surface area contributed by atoms with Gasteiger partial charge in [-0.05, 0) is 17.7 Å². The number of nitrogens with one attached hydrogen (secondary N) is 1. The molecule has 0 amide bonds. The molecular weight excluding hydrogens is 181 g/mol. The molecule has 0 unspecified atom stereocenters. The van der Waals surface area contributed by atoms with E-state index >= 15 is 0 Å². The van der Waals surface area contributed by atoms with E-state index in [0.717, 1.165) is 0 Å². The third-order valence-corrected chi connectivity index (χ3v) is 1.96. The van der Waals surface area contributed by atoms with Crippen molar-refractivity contribution in [1.82, 2.24) is 4.98 Å². The predicted octanol–water partition coefficient (Wildman–Crippen LogP) is 2.18. The summed E-state index contributed by atoms with van der Waals surface area (Å²) >= 11 is 0. The lowest BCUT2D eigenvalue weighted by Gasteiger charge is -2.01. The second-order valence-electron chi connectivity index (χ2n) is 2.92. The lowest BCUT2D eigenvalue weighted by molar-refractivity contribution is 0.631. The Kier molecular flexibility index (Phi) is 2.14. The molecule has 3 heteroatoms. The van der Waals surface area contributed by atoms with Crippen molar-refractivity contribution in [3.8, 4) is 11.1 Å². The molecule has 0 bridgehead atoms. The van der Waals surface area contributed by atoms with E-state index in [4.69, 9.17) is 0 Å². The van der Waals surface area contributed by atoms with E-state index in [1.807, 2.05) is 0 Å². The Bertz CT molecular complexity index is 504. The van der Waals surface area contributed by atoms with Crippen LogP contribution in [0.2, 0.25) is 0 Å². The highest BCUT2D eigenvalue weighted by Crippen LogP contribution is 2.19. The molecule has 0 aliphatic heterocycles. The zero-order valence-electron chi connectivity index (χ0n) is 7.33. The van der Waals surface area contributed by atoms with Crippen LogP contribution in [0, 0.1) is 5.82 Å². The summed E-state index contributed by atoms with van der Waals surface area (Å²) in [5, 5.41) is 0. The summed E-state index contributed by atoms with van der Waals surface area (Å²) in [6.45, 7) is 0. The van der Waals surface area contributed by atoms with Crippen LogP contribution in [-0.2, 0) is 0 Å². The minimum Gasteiger partial charge on any atom is -0.329 e. The number of benzene rings is 1. The van der Waals surface area contributed by atoms with Crippen LogP contribution in [-0.4, -0.2) is 4.98 Å². The molecule has 0 spiro atoms. The van der Waals surface area contributed by atoms with Crippen LogP contribution < -0.4 is 5.56 Å². The molecule has 0 atom stereocenters. The molecule has 0 fully saturated rings. The average Bonchev–Trinajstić information content (AvgIpc) is 2.18. The molecule has 1 aromatic carbocycles. The van der Waals surface area contributed by atoms with Crippen LogP contribution in [0.25, 0.3) is 11.1 Å². The normalized spacial score (nSPS) is 10.1. The van der Waals surface area contributed by atoms with Gasteiger partial charge in [0.25, 0.3) is 0 Å². The number of H-pyrrole nitrogens is 1. The van der Waals surface area contributed by atoms with E-state index in [0.29, 0.717) is 11.1 Å². The van der Waals surface area contributed by atoms with Gasteiger partial charge in [0, 0.05) is 17.8 Å². The Morgan fingerprint density at radius 2 is 1.93 bits per heavy atom. The van der Waals surface area contributed by atoms with Crippen molar-refractivity contribution in [2.75, 3.05) is 0 Å². The largest absolute Gasteiger partial charge is 0.329 e. The standard InChI is InChI=1S/C11H8FNO/c12-10-4-2-1-3-9(10)8-5-6-13-11(14)7-8/h1-7H,(H,13,14). The van der Waals surface area contributed by atoms with Crippen LogP contribution in [0.5, 0.6) is 0 Å². The van der Waals surface area contributed by atoms with Crippen LogP contribution in [0.15, 0.2) is 47.4 Å². The summed E-state index contributed by atoms with van der Waals surface area (Å²) in [5.41, 5.74) is 0.802. The van der Waals surface area contributed by atoms with Gasteiger partial charge in [0.05, 0.1) is 0 Å². The topological polar surface area (TPSA) is 32.9 Å². The maximum Gasteiger partial charge on any atom is 0.248 e. The van der Waals surface area contributed by atoms with Crippen molar-refractivity contribution in [3.05, 3.63) is 58.8 Å². The van der Waals surface area contributed by atoms with Gasteiger partial charge >= 0.3 is 0 Å². The maximum absolute atomic E-state index is 13.3. The first-order valence-electron chi connectivity index (χ1n) is 4.21. The van der Waals surface area contributed by atoms with Crippen LogP contribution in [0.4, 0.5) is 4.39 Å². The van der Waals surface area contributed by atoms with E-state index in [1.165, 1.54) is 18.3 Å². The van der Waals surface area contributed by atoms with Crippen molar-refractivity contribution in [2.45, 2.75) is 0 Å². The monoisotopic (exact) mass is 189 g/mol. The lowest BCUT2D eigenvalue weighted by Crippen LogP contribution is -2.02. The van der Waals surface area contributed by atoms with Gasteiger partial charge in [0.15, 0.2) is 0 Å². The fraction of sp³-hybridized carbons (Fsp3) is 0. The van der Waals surface area contributed by atoms with Crippen molar-refractivity contribution in [2.24, 2.45) is 0 Å². The molecule has 2 aromatic rings. The highest BCUT2D eigenvalue weighted by Gasteiger charge is 2.02. The minimum absolute atomic E-state index is 0.231. The lowest BCUT2D eigenvalue weighted by atomic mass is 10.1. The summed E-state index contributed by atoms with van der Waals surface area (Å²) in [7, 11) is 0. The molecule has 1 heterocycles. The van der Waals surface area contributed by atoms with Gasteiger partial charge in [-0.25, -0.2) is 4.39 Å². The first-order chi connectivity index (χ1) is 6.77. The van der Waals surface area contributed by atoms with Crippen LogP contribution >= 0.6 is 0 Å². The molecular formula is C11H8FNO. The van der Waals surface area contributed by atoms with Crippen molar-refractivity contribution in [3.63, 3.8) is 0 Å². The Hall–Kier alpha value is -1.90. The minimum atomic E-state index is -0.321. The van der Waals surface area contributed by atoms with Gasteiger partial charge < -0.3 is 4.98 Å². The smallest absolute Gasteiger partial charge is 0.248 e. The number of hydrogen-bond donors (Lipinski definition) is 1. The molecule has 0 radical (unpaired) electrons. The first kappa shape index (κ1) is 8.69. The number of pyridine rings is 1. The van der Waals surface area contributed by atoms with Gasteiger partial charge in [-0.2, -0.15) is 0 Å². The second-order valence-corrected chi connectivity index (χ2v) is 2.92. The predicted molar refractivity (Wildman–Crippen MR) is 52.5 cm³/mol. The third-order valence-electron chi connectivity index (χ3n) is 1.96. The zero-order valence-corrected chi connectivity index (χ0v) is 7.33. The third kappa shape index (κ3) is 1.57. The quantitative estimate of drug-likeness (QED) is 0.732. The van der Waals surface area contributed by atoms with E-state index in [9.17, 15) is 9.18 Å². The molecule has 1 N–H and O–H groups in total. The summed E-state index contributed by atoms with van der Waals surface area (Å²) in [5.74, 6) is -0.321. The number of aromatic nitrogens is 1. The summed E-state index contributed by atoms with van der Waals surface area (Å²) in [6, 6.07) is 9.41. The van der Waals surface area contributed by atoms with E-state index in [1.54, 1.807) is 24.3 Å². The summed E-state index contributed by atoms with van der Waals surface area (Å²) < 4.78 is 13.3. The Morgan fingerprint density at radius 1 is 1.14 bits per heavy atom. The second kappa shape index (κ2) is 3.46. The molecule has 2 rings (SSSR count). The molecule has 0 aliphatic rings. The van der Waals surface area contributed by atoms with Gasteiger partial charge in [0.2, 0.25) is 5.56 Å². The van der Waals surface area contributed by atoms with Crippen molar-refractivity contribution >= 4 is 0 Å². The van der Waals surface area contributed by atoms with Gasteiger partial charge in [0.1, 0.15) is 5.82 Å². The highest BCUT2D eigenvalue weighted by molar-refractivity contribution is 5.63. The molecule has 1 aromatic heterocycles. The first-order valence-corrected chi connectivity index (χ1v) is 4.21. The molecule has 2 nitrogen and oxygen atoms in total. The summed E-state index contributed by atoms with van der Waals surface area (Å²) in [6.07, 6.45) is 1.50. The van der Waals surface area contributed by atoms with Gasteiger partial charge in [-0.15, -0.1) is 0 Å². The Labute approximate surface area is 80.0 Å². The summed E-state index contributed by atoms with van der Waals surface area (Å²) in [4.78, 5) is 13.5. The zero-order chi connectivity index (χ0) is 9.97. The number of rotatable bonds is 1. The molecule has 70 valence electrons. The van der Waals surface area contributed by atoms with E-state index in [-0.39, 0.29) is 11.4 Å². The fourth-order valence-corrected chi connectivity index (χ4v) is 1.31. The molecule has 14 heavy (non-hydrogen) atoms. The maximum atomic E-state index is 13.3. The molecule has 0 saturated carbocycles. The molecule has 0 aliphatic carbocycles. The highest BCUT2D eigenvalue weighted by atomic mass is 19.1. The van der Waals surface area contributed by atoms with Gasteiger partial charge in [-0.3, -0.25) is 4.79 Å². The van der Waals surface area contributed by atoms with E-state index in [2.05, 4.69) is 4.98 Å². The van der Waals surface area contributed by atoms with Crippen molar-refractivity contribution < 1.29 is 4.39 Å². The van der Waals surface area contributed by atoms with Gasteiger partial charge in [-0.1, -0.05) is 18.2 Å². The average molecular weight is 189 g/mol. The number of aromatic amines is 1. The van der Waals surface area contributed by atoms with Crippen LogP contribution in [0.1, 0.15) is 0 Å². The SMILES string of the molecule is O=c1cc(-c2ccccc2F)cc[nH]1. The Balaban J connectivity index is 2.61. The fourth-order valence-electron chi connectivity index (χ4n) is 1.31.